The first-order valence-electron chi connectivity index (χ1n) is 4.64. The fraction of sp³-hybridized carbons (Fsp3) is 1.00. The monoisotopic (exact) mass is 158 g/mol. The predicted octanol–water partition coefficient (Wildman–Crippen LogP) is 1.36. The van der Waals surface area contributed by atoms with Gasteiger partial charge in [-0.1, -0.05) is 27.2 Å². The van der Waals surface area contributed by atoms with Crippen molar-refractivity contribution in [3.8, 4) is 0 Å². The van der Waals surface area contributed by atoms with Crippen LogP contribution in [-0.2, 0) is 0 Å². The van der Waals surface area contributed by atoms with Crippen molar-refractivity contribution in [2.75, 3.05) is 13.1 Å². The Morgan fingerprint density at radius 3 is 2.45 bits per heavy atom. The van der Waals surface area contributed by atoms with Gasteiger partial charge in [-0.05, 0) is 18.9 Å². The van der Waals surface area contributed by atoms with E-state index in [1.165, 1.54) is 12.8 Å². The molecule has 0 fully saturated rings. The molecule has 0 aliphatic heterocycles. The van der Waals surface area contributed by atoms with Crippen LogP contribution in [-0.4, -0.2) is 19.1 Å². The van der Waals surface area contributed by atoms with Gasteiger partial charge in [0.15, 0.2) is 0 Å². The highest BCUT2D eigenvalue weighted by Crippen LogP contribution is 1.95. The zero-order valence-corrected chi connectivity index (χ0v) is 8.06. The van der Waals surface area contributed by atoms with Gasteiger partial charge in [0.05, 0.1) is 0 Å². The van der Waals surface area contributed by atoms with Crippen LogP contribution in [0.15, 0.2) is 0 Å². The Balaban J connectivity index is 3.10. The normalized spacial score (nSPS) is 13.9. The summed E-state index contributed by atoms with van der Waals surface area (Å²) in [5.41, 5.74) is 5.84. The molecule has 0 rings (SSSR count). The van der Waals surface area contributed by atoms with E-state index in [9.17, 15) is 0 Å². The highest BCUT2D eigenvalue weighted by molar-refractivity contribution is 4.67. The van der Waals surface area contributed by atoms with E-state index in [2.05, 4.69) is 26.1 Å². The van der Waals surface area contributed by atoms with E-state index in [1.807, 2.05) is 0 Å². The van der Waals surface area contributed by atoms with Gasteiger partial charge < -0.3 is 11.1 Å². The summed E-state index contributed by atoms with van der Waals surface area (Å²) < 4.78 is 0. The molecular formula is C9H22N2. The van der Waals surface area contributed by atoms with Crippen molar-refractivity contribution in [3.05, 3.63) is 0 Å². The van der Waals surface area contributed by atoms with E-state index in [-0.39, 0.29) is 0 Å². The molecule has 0 saturated heterocycles. The molecule has 0 aliphatic carbocycles. The van der Waals surface area contributed by atoms with Gasteiger partial charge in [-0.2, -0.15) is 0 Å². The average Bonchev–Trinajstić information content (AvgIpc) is 1.97. The second kappa shape index (κ2) is 6.62. The van der Waals surface area contributed by atoms with Crippen LogP contribution in [0.2, 0.25) is 0 Å². The molecule has 2 nitrogen and oxygen atoms in total. The van der Waals surface area contributed by atoms with E-state index in [1.54, 1.807) is 0 Å². The van der Waals surface area contributed by atoms with E-state index >= 15 is 0 Å². The van der Waals surface area contributed by atoms with Crippen molar-refractivity contribution in [1.29, 1.82) is 0 Å². The number of rotatable bonds is 6. The van der Waals surface area contributed by atoms with Gasteiger partial charge >= 0.3 is 0 Å². The molecule has 0 aliphatic rings. The predicted molar refractivity (Wildman–Crippen MR) is 50.6 cm³/mol. The summed E-state index contributed by atoms with van der Waals surface area (Å²) in [6, 6.07) is 0.312. The molecule has 0 aromatic heterocycles. The quantitative estimate of drug-likeness (QED) is 0.573. The summed E-state index contributed by atoms with van der Waals surface area (Å²) in [6.45, 7) is 8.58. The van der Waals surface area contributed by atoms with E-state index < -0.39 is 0 Å². The smallest absolute Gasteiger partial charge is 0.0188 e. The van der Waals surface area contributed by atoms with Crippen LogP contribution in [0.3, 0.4) is 0 Å². The Kier molecular flexibility index (Phi) is 6.57. The number of hydrogen-bond donors (Lipinski definition) is 2. The molecule has 68 valence electrons. The highest BCUT2D eigenvalue weighted by Gasteiger charge is 2.05. The van der Waals surface area contributed by atoms with Gasteiger partial charge in [0.1, 0.15) is 0 Å². The number of nitrogens with two attached hydrogens (primary N) is 1. The molecule has 0 aromatic rings. The van der Waals surface area contributed by atoms with Crippen molar-refractivity contribution < 1.29 is 0 Å². The molecule has 11 heavy (non-hydrogen) atoms. The Hall–Kier alpha value is -0.0800. The van der Waals surface area contributed by atoms with Crippen molar-refractivity contribution in [3.63, 3.8) is 0 Å². The molecule has 0 amide bonds. The van der Waals surface area contributed by atoms with Gasteiger partial charge in [-0.3, -0.25) is 0 Å². The van der Waals surface area contributed by atoms with Crippen LogP contribution in [0.1, 0.15) is 33.6 Å². The highest BCUT2D eigenvalue weighted by atomic mass is 14.9. The SMILES string of the molecule is CCCCNCC(N)C(C)C. The molecule has 0 heterocycles. The molecule has 3 N–H and O–H groups in total. The maximum atomic E-state index is 5.84. The summed E-state index contributed by atoms with van der Waals surface area (Å²) in [4.78, 5) is 0. The maximum Gasteiger partial charge on any atom is 0.0188 e. The van der Waals surface area contributed by atoms with Gasteiger partial charge in [0.25, 0.3) is 0 Å². The lowest BCUT2D eigenvalue weighted by Gasteiger charge is -2.15. The Morgan fingerprint density at radius 2 is 2.00 bits per heavy atom. The van der Waals surface area contributed by atoms with E-state index in [0.29, 0.717) is 12.0 Å². The van der Waals surface area contributed by atoms with Crippen LogP contribution in [0, 0.1) is 5.92 Å². The molecule has 0 aromatic carbocycles. The minimum Gasteiger partial charge on any atom is -0.326 e. The minimum atomic E-state index is 0.312. The first-order valence-corrected chi connectivity index (χ1v) is 4.64. The lowest BCUT2D eigenvalue weighted by Crippen LogP contribution is -2.38. The third kappa shape index (κ3) is 6.32. The third-order valence-corrected chi connectivity index (χ3v) is 1.94. The minimum absolute atomic E-state index is 0.312. The zero-order chi connectivity index (χ0) is 8.69. The Bertz CT molecular complexity index is 81.6. The van der Waals surface area contributed by atoms with E-state index in [4.69, 9.17) is 5.73 Å². The molecular weight excluding hydrogens is 136 g/mol. The second-order valence-corrected chi connectivity index (χ2v) is 3.47. The summed E-state index contributed by atoms with van der Waals surface area (Å²) in [5, 5.41) is 3.34. The lowest BCUT2D eigenvalue weighted by atomic mass is 10.1. The maximum absolute atomic E-state index is 5.84. The summed E-state index contributed by atoms with van der Waals surface area (Å²) in [6.07, 6.45) is 2.51. The Labute approximate surface area is 70.5 Å². The summed E-state index contributed by atoms with van der Waals surface area (Å²) in [7, 11) is 0. The number of nitrogens with one attached hydrogen (secondary N) is 1. The van der Waals surface area contributed by atoms with Crippen LogP contribution in [0.5, 0.6) is 0 Å². The zero-order valence-electron chi connectivity index (χ0n) is 8.06. The molecule has 2 heteroatoms. The van der Waals surface area contributed by atoms with Crippen LogP contribution < -0.4 is 11.1 Å². The van der Waals surface area contributed by atoms with Gasteiger partial charge in [0, 0.05) is 12.6 Å². The molecule has 0 spiro atoms. The number of unbranched alkanes of at least 4 members (excludes halogenated alkanes) is 1. The first-order chi connectivity index (χ1) is 5.18. The Morgan fingerprint density at radius 1 is 1.36 bits per heavy atom. The summed E-state index contributed by atoms with van der Waals surface area (Å²) >= 11 is 0. The van der Waals surface area contributed by atoms with Crippen molar-refractivity contribution in [1.82, 2.24) is 5.32 Å². The third-order valence-electron chi connectivity index (χ3n) is 1.94. The van der Waals surface area contributed by atoms with Crippen LogP contribution in [0.25, 0.3) is 0 Å². The fourth-order valence-electron chi connectivity index (χ4n) is 0.806. The van der Waals surface area contributed by atoms with E-state index in [0.717, 1.165) is 13.1 Å². The average molecular weight is 158 g/mol. The lowest BCUT2D eigenvalue weighted by molar-refractivity contribution is 0.456. The van der Waals surface area contributed by atoms with Gasteiger partial charge in [-0.15, -0.1) is 0 Å². The van der Waals surface area contributed by atoms with Gasteiger partial charge in [-0.25, -0.2) is 0 Å². The van der Waals surface area contributed by atoms with Gasteiger partial charge in [0.2, 0.25) is 0 Å². The second-order valence-electron chi connectivity index (χ2n) is 3.47. The largest absolute Gasteiger partial charge is 0.326 e. The van der Waals surface area contributed by atoms with Crippen molar-refractivity contribution in [2.24, 2.45) is 11.7 Å². The van der Waals surface area contributed by atoms with Crippen LogP contribution >= 0.6 is 0 Å². The molecule has 1 atom stereocenters. The standard InChI is InChI=1S/C9H22N2/c1-4-5-6-11-7-9(10)8(2)3/h8-9,11H,4-7,10H2,1-3H3. The van der Waals surface area contributed by atoms with Crippen molar-refractivity contribution >= 4 is 0 Å². The number of hydrogen-bond acceptors (Lipinski definition) is 2. The first kappa shape index (κ1) is 10.9. The molecule has 0 bridgehead atoms. The fourth-order valence-corrected chi connectivity index (χ4v) is 0.806. The molecule has 1 unspecified atom stereocenters. The molecule has 0 radical (unpaired) electrons. The summed E-state index contributed by atoms with van der Waals surface area (Å²) in [5.74, 6) is 0.587. The topological polar surface area (TPSA) is 38.0 Å². The van der Waals surface area contributed by atoms with Crippen LogP contribution in [0.4, 0.5) is 0 Å². The van der Waals surface area contributed by atoms with Crippen molar-refractivity contribution in [2.45, 2.75) is 39.7 Å². The molecule has 0 saturated carbocycles.